The number of anilines is 1. The Labute approximate surface area is 125 Å². The van der Waals surface area contributed by atoms with Crippen molar-refractivity contribution < 1.29 is 14.3 Å². The lowest BCUT2D eigenvalue weighted by atomic mass is 9.86. The molecule has 1 aromatic rings. The van der Waals surface area contributed by atoms with Crippen LogP contribution in [0.4, 0.5) is 5.69 Å². The van der Waals surface area contributed by atoms with Crippen LogP contribution in [0.1, 0.15) is 20.8 Å². The zero-order valence-corrected chi connectivity index (χ0v) is 13.2. The fourth-order valence-electron chi connectivity index (χ4n) is 1.97. The third-order valence-electron chi connectivity index (χ3n) is 3.21. The van der Waals surface area contributed by atoms with Gasteiger partial charge in [-0.1, -0.05) is 25.4 Å². The summed E-state index contributed by atoms with van der Waals surface area (Å²) in [6, 6.07) is 7.20. The molecule has 0 heterocycles. The Hall–Kier alpha value is -1.26. The van der Waals surface area contributed by atoms with Crippen molar-refractivity contribution >= 4 is 23.3 Å². The summed E-state index contributed by atoms with van der Waals surface area (Å²) in [5.41, 5.74) is -0.119. The molecule has 5 heteroatoms. The summed E-state index contributed by atoms with van der Waals surface area (Å²) in [6.07, 6.45) is 0. The molecule has 1 rings (SSSR count). The molecule has 1 atom stereocenters. The van der Waals surface area contributed by atoms with E-state index in [1.807, 2.05) is 26.0 Å². The monoisotopic (exact) mass is 299 g/mol. The SMILES string of the molecule is CCOC(=O)C(COC)(Nc1ccc(Cl)cc1)C(C)C. The summed E-state index contributed by atoms with van der Waals surface area (Å²) in [4.78, 5) is 12.4. The Morgan fingerprint density at radius 1 is 1.35 bits per heavy atom. The first kappa shape index (κ1) is 16.8. The molecule has 0 fully saturated rings. The summed E-state index contributed by atoms with van der Waals surface area (Å²) in [6.45, 7) is 6.27. The number of esters is 1. The molecule has 112 valence electrons. The molecule has 0 aliphatic rings. The van der Waals surface area contributed by atoms with Crippen LogP contribution in [0.2, 0.25) is 5.02 Å². The van der Waals surface area contributed by atoms with Gasteiger partial charge in [-0.3, -0.25) is 0 Å². The van der Waals surface area contributed by atoms with Gasteiger partial charge in [0.05, 0.1) is 13.2 Å². The first-order chi connectivity index (χ1) is 9.46. The van der Waals surface area contributed by atoms with Crippen molar-refractivity contribution in [3.05, 3.63) is 29.3 Å². The number of nitrogens with one attached hydrogen (secondary N) is 1. The number of rotatable bonds is 7. The molecule has 1 unspecified atom stereocenters. The highest BCUT2D eigenvalue weighted by Gasteiger charge is 2.43. The lowest BCUT2D eigenvalue weighted by molar-refractivity contribution is -0.152. The van der Waals surface area contributed by atoms with Gasteiger partial charge in [-0.2, -0.15) is 0 Å². The molecule has 1 aromatic carbocycles. The topological polar surface area (TPSA) is 47.6 Å². The largest absolute Gasteiger partial charge is 0.464 e. The molecule has 1 N–H and O–H groups in total. The summed E-state index contributed by atoms with van der Waals surface area (Å²) in [5, 5.41) is 3.89. The van der Waals surface area contributed by atoms with Crippen LogP contribution in [0.5, 0.6) is 0 Å². The Balaban J connectivity index is 3.07. The molecule has 0 aliphatic heterocycles. The molecule has 0 saturated heterocycles. The van der Waals surface area contributed by atoms with Gasteiger partial charge in [0.2, 0.25) is 0 Å². The van der Waals surface area contributed by atoms with E-state index in [0.717, 1.165) is 5.69 Å². The summed E-state index contributed by atoms with van der Waals surface area (Å²) in [5.74, 6) is -0.316. The standard InChI is InChI=1S/C15H22ClNO3/c1-5-20-14(18)15(10-19-4,11(2)3)17-13-8-6-12(16)7-9-13/h6-9,11,17H,5,10H2,1-4H3. The van der Waals surface area contributed by atoms with E-state index in [4.69, 9.17) is 21.1 Å². The highest BCUT2D eigenvalue weighted by atomic mass is 35.5. The Kier molecular flexibility index (Phi) is 6.30. The van der Waals surface area contributed by atoms with E-state index in [0.29, 0.717) is 11.6 Å². The number of carbonyl (C=O) groups is 1. The number of carbonyl (C=O) groups excluding carboxylic acids is 1. The molecular formula is C15H22ClNO3. The van der Waals surface area contributed by atoms with E-state index >= 15 is 0 Å². The van der Waals surface area contributed by atoms with Gasteiger partial charge in [-0.15, -0.1) is 0 Å². The number of hydrogen-bond donors (Lipinski definition) is 1. The van der Waals surface area contributed by atoms with Crippen LogP contribution in [0.15, 0.2) is 24.3 Å². The fourth-order valence-corrected chi connectivity index (χ4v) is 2.10. The van der Waals surface area contributed by atoms with Crippen molar-refractivity contribution in [2.45, 2.75) is 26.3 Å². The second-order valence-corrected chi connectivity index (χ2v) is 5.35. The van der Waals surface area contributed by atoms with E-state index in [9.17, 15) is 4.79 Å². The first-order valence-electron chi connectivity index (χ1n) is 6.66. The van der Waals surface area contributed by atoms with Crippen molar-refractivity contribution in [3.63, 3.8) is 0 Å². The lowest BCUT2D eigenvalue weighted by Gasteiger charge is -2.36. The van der Waals surface area contributed by atoms with E-state index in [1.165, 1.54) is 0 Å². The van der Waals surface area contributed by atoms with Crippen molar-refractivity contribution in [1.29, 1.82) is 0 Å². The van der Waals surface area contributed by atoms with Crippen LogP contribution in [0, 0.1) is 5.92 Å². The molecule has 4 nitrogen and oxygen atoms in total. The maximum atomic E-state index is 12.4. The minimum absolute atomic E-state index is 0.00261. The predicted octanol–water partition coefficient (Wildman–Crippen LogP) is 3.36. The van der Waals surface area contributed by atoms with Crippen molar-refractivity contribution in [2.75, 3.05) is 25.6 Å². The average Bonchev–Trinajstić information content (AvgIpc) is 2.40. The molecule has 0 aromatic heterocycles. The zero-order valence-electron chi connectivity index (χ0n) is 12.4. The van der Waals surface area contributed by atoms with Crippen LogP contribution < -0.4 is 5.32 Å². The highest BCUT2D eigenvalue weighted by molar-refractivity contribution is 6.30. The Morgan fingerprint density at radius 2 is 1.95 bits per heavy atom. The van der Waals surface area contributed by atoms with E-state index < -0.39 is 5.54 Å². The van der Waals surface area contributed by atoms with Crippen LogP contribution in [0.25, 0.3) is 0 Å². The third kappa shape index (κ3) is 3.87. The van der Waals surface area contributed by atoms with E-state index in [2.05, 4.69) is 5.32 Å². The molecule has 0 spiro atoms. The Morgan fingerprint density at radius 3 is 2.40 bits per heavy atom. The second-order valence-electron chi connectivity index (χ2n) is 4.91. The van der Waals surface area contributed by atoms with Gasteiger partial charge in [-0.05, 0) is 37.1 Å². The van der Waals surface area contributed by atoms with Crippen LogP contribution in [0.3, 0.4) is 0 Å². The van der Waals surface area contributed by atoms with Crippen molar-refractivity contribution in [2.24, 2.45) is 5.92 Å². The average molecular weight is 300 g/mol. The first-order valence-corrected chi connectivity index (χ1v) is 7.04. The number of methoxy groups -OCH3 is 1. The number of hydrogen-bond acceptors (Lipinski definition) is 4. The fraction of sp³-hybridized carbons (Fsp3) is 0.533. The smallest absolute Gasteiger partial charge is 0.334 e. The maximum Gasteiger partial charge on any atom is 0.334 e. The van der Waals surface area contributed by atoms with Gasteiger partial charge < -0.3 is 14.8 Å². The molecule has 0 radical (unpaired) electrons. The van der Waals surface area contributed by atoms with Gasteiger partial charge in [0.25, 0.3) is 0 Å². The van der Waals surface area contributed by atoms with E-state index in [-0.39, 0.29) is 18.5 Å². The van der Waals surface area contributed by atoms with Gasteiger partial charge in [0, 0.05) is 17.8 Å². The summed E-state index contributed by atoms with van der Waals surface area (Å²) >= 11 is 5.87. The van der Waals surface area contributed by atoms with Crippen molar-refractivity contribution in [3.8, 4) is 0 Å². The minimum atomic E-state index is -0.918. The lowest BCUT2D eigenvalue weighted by Crippen LogP contribution is -2.55. The molecular weight excluding hydrogens is 278 g/mol. The summed E-state index contributed by atoms with van der Waals surface area (Å²) < 4.78 is 10.5. The van der Waals surface area contributed by atoms with Gasteiger partial charge in [-0.25, -0.2) is 4.79 Å². The minimum Gasteiger partial charge on any atom is -0.464 e. The van der Waals surface area contributed by atoms with Crippen molar-refractivity contribution in [1.82, 2.24) is 0 Å². The number of ether oxygens (including phenoxy) is 2. The van der Waals surface area contributed by atoms with E-state index in [1.54, 1.807) is 26.2 Å². The number of benzene rings is 1. The normalized spacial score (nSPS) is 13.9. The van der Waals surface area contributed by atoms with Crippen LogP contribution >= 0.6 is 11.6 Å². The molecule has 0 saturated carbocycles. The number of halogens is 1. The highest BCUT2D eigenvalue weighted by Crippen LogP contribution is 2.26. The second kappa shape index (κ2) is 7.50. The van der Waals surface area contributed by atoms with Gasteiger partial charge >= 0.3 is 5.97 Å². The molecule has 0 aliphatic carbocycles. The quantitative estimate of drug-likeness (QED) is 0.784. The zero-order chi connectivity index (χ0) is 15.2. The van der Waals surface area contributed by atoms with Gasteiger partial charge in [0.1, 0.15) is 0 Å². The molecule has 0 amide bonds. The predicted molar refractivity (Wildman–Crippen MR) is 81.2 cm³/mol. The summed E-state index contributed by atoms with van der Waals surface area (Å²) in [7, 11) is 1.57. The Bertz CT molecular complexity index is 433. The third-order valence-corrected chi connectivity index (χ3v) is 3.46. The molecule has 20 heavy (non-hydrogen) atoms. The van der Waals surface area contributed by atoms with Crippen LogP contribution in [-0.4, -0.2) is 31.8 Å². The maximum absolute atomic E-state index is 12.4. The van der Waals surface area contributed by atoms with Gasteiger partial charge in [0.15, 0.2) is 5.54 Å². The molecule has 0 bridgehead atoms. The van der Waals surface area contributed by atoms with Crippen LogP contribution in [-0.2, 0) is 14.3 Å².